The molecule has 0 unspecified atom stereocenters. The van der Waals surface area contributed by atoms with Crippen LogP contribution in [0.3, 0.4) is 0 Å². The van der Waals surface area contributed by atoms with E-state index < -0.39 is 17.8 Å². The minimum Gasteiger partial charge on any atom is -0.493 e. The lowest BCUT2D eigenvalue weighted by molar-refractivity contribution is -0.149. The van der Waals surface area contributed by atoms with Crippen LogP contribution in [-0.4, -0.2) is 37.6 Å². The third-order valence-electron chi connectivity index (χ3n) is 4.17. The summed E-state index contributed by atoms with van der Waals surface area (Å²) < 4.78 is 16.7. The Kier molecular flexibility index (Phi) is 7.16. The molecule has 1 heterocycles. The van der Waals surface area contributed by atoms with Gasteiger partial charge in [-0.05, 0) is 72.3 Å². The number of methoxy groups -OCH3 is 1. The highest BCUT2D eigenvalue weighted by Gasteiger charge is 2.34. The van der Waals surface area contributed by atoms with Crippen molar-refractivity contribution in [3.05, 3.63) is 57.2 Å². The van der Waals surface area contributed by atoms with Crippen LogP contribution < -0.4 is 19.9 Å². The van der Waals surface area contributed by atoms with Crippen molar-refractivity contribution in [1.82, 2.24) is 5.43 Å². The summed E-state index contributed by atoms with van der Waals surface area (Å²) >= 11 is 2.04. The normalized spacial score (nSPS) is 14.7. The zero-order chi connectivity index (χ0) is 22.5. The third-order valence-corrected chi connectivity index (χ3v) is 4.97. The number of anilines is 1. The van der Waals surface area contributed by atoms with Gasteiger partial charge in [0.1, 0.15) is 5.57 Å². The molecule has 31 heavy (non-hydrogen) atoms. The number of carbonyl (C=O) groups is 3. The minimum absolute atomic E-state index is 0.00381. The molecule has 3 rings (SSSR count). The van der Waals surface area contributed by atoms with Gasteiger partial charge in [0.2, 0.25) is 0 Å². The second-order valence-electron chi connectivity index (χ2n) is 6.84. The zero-order valence-corrected chi connectivity index (χ0v) is 19.3. The molecule has 0 bridgehead atoms. The summed E-state index contributed by atoms with van der Waals surface area (Å²) in [6.07, 6.45) is 1.25. The Bertz CT molecular complexity index is 1040. The smallest absolute Gasteiger partial charge is 0.344 e. The molecule has 2 amide bonds. The summed E-state index contributed by atoms with van der Waals surface area (Å²) in [5.41, 5.74) is 3.70. The number of rotatable bonds is 7. The van der Waals surface area contributed by atoms with E-state index in [9.17, 15) is 14.4 Å². The number of nitrogens with zero attached hydrogens (tertiary/aromatic N) is 1. The molecule has 1 fully saturated rings. The molecular weight excluding hydrogens is 515 g/mol. The molecule has 2 aromatic rings. The Labute approximate surface area is 193 Å². The van der Waals surface area contributed by atoms with E-state index in [4.69, 9.17) is 14.2 Å². The van der Waals surface area contributed by atoms with Crippen LogP contribution in [-0.2, 0) is 19.1 Å². The van der Waals surface area contributed by atoms with E-state index in [0.717, 1.165) is 0 Å². The van der Waals surface area contributed by atoms with Gasteiger partial charge in [0.25, 0.3) is 11.8 Å². The van der Waals surface area contributed by atoms with E-state index in [0.29, 0.717) is 26.3 Å². The lowest BCUT2D eigenvalue weighted by atomic mass is 10.1. The topological polar surface area (TPSA) is 94.2 Å². The maximum atomic E-state index is 12.8. The van der Waals surface area contributed by atoms with Crippen molar-refractivity contribution in [3.63, 3.8) is 0 Å². The van der Waals surface area contributed by atoms with Gasteiger partial charge in [-0.2, -0.15) is 0 Å². The first-order valence-electron chi connectivity index (χ1n) is 9.42. The average molecular weight is 536 g/mol. The fourth-order valence-corrected chi connectivity index (χ4v) is 3.66. The van der Waals surface area contributed by atoms with E-state index in [1.807, 2.05) is 28.7 Å². The van der Waals surface area contributed by atoms with Crippen LogP contribution in [0.1, 0.15) is 19.4 Å². The monoisotopic (exact) mass is 536 g/mol. The first kappa shape index (κ1) is 22.6. The molecule has 0 saturated carbocycles. The Balaban J connectivity index is 1.84. The van der Waals surface area contributed by atoms with Gasteiger partial charge in [-0.25, -0.2) is 9.80 Å². The number of ether oxygens (including phenoxy) is 3. The molecule has 1 saturated heterocycles. The van der Waals surface area contributed by atoms with Crippen LogP contribution in [0, 0.1) is 3.57 Å². The number of hydrogen-bond acceptors (Lipinski definition) is 6. The van der Waals surface area contributed by atoms with Crippen molar-refractivity contribution < 1.29 is 28.6 Å². The largest absolute Gasteiger partial charge is 0.493 e. The molecule has 0 aliphatic carbocycles. The van der Waals surface area contributed by atoms with E-state index in [1.165, 1.54) is 18.2 Å². The van der Waals surface area contributed by atoms with E-state index >= 15 is 0 Å². The summed E-state index contributed by atoms with van der Waals surface area (Å²) in [7, 11) is 1.46. The van der Waals surface area contributed by atoms with E-state index in [1.54, 1.807) is 50.2 Å². The second-order valence-corrected chi connectivity index (χ2v) is 8.00. The maximum Gasteiger partial charge on any atom is 0.344 e. The number of amides is 2. The Hall–Kier alpha value is -3.08. The third kappa shape index (κ3) is 5.35. The van der Waals surface area contributed by atoms with Crippen LogP contribution in [0.15, 0.2) is 48.0 Å². The molecule has 1 aliphatic rings. The van der Waals surface area contributed by atoms with Crippen molar-refractivity contribution in [2.24, 2.45) is 0 Å². The number of nitrogens with one attached hydrogen (secondary N) is 1. The number of halogens is 1. The van der Waals surface area contributed by atoms with Crippen LogP contribution >= 0.6 is 22.6 Å². The highest BCUT2D eigenvalue weighted by molar-refractivity contribution is 14.1. The van der Waals surface area contributed by atoms with E-state index in [-0.39, 0.29) is 18.3 Å². The summed E-state index contributed by atoms with van der Waals surface area (Å²) in [6, 6.07) is 12.2. The Morgan fingerprint density at radius 3 is 2.55 bits per heavy atom. The second kappa shape index (κ2) is 9.82. The quantitative estimate of drug-likeness (QED) is 0.253. The Morgan fingerprint density at radius 2 is 1.90 bits per heavy atom. The number of hydrazine groups is 1. The van der Waals surface area contributed by atoms with Crippen molar-refractivity contribution >= 4 is 52.1 Å². The lowest BCUT2D eigenvalue weighted by Gasteiger charge is -2.14. The van der Waals surface area contributed by atoms with Gasteiger partial charge in [-0.3, -0.25) is 15.0 Å². The minimum atomic E-state index is -0.500. The lowest BCUT2D eigenvalue weighted by Crippen LogP contribution is -2.35. The molecule has 1 aliphatic heterocycles. The fourth-order valence-electron chi connectivity index (χ4n) is 2.87. The zero-order valence-electron chi connectivity index (χ0n) is 17.2. The number of carbonyl (C=O) groups excluding carboxylic acids is 3. The first-order chi connectivity index (χ1) is 14.8. The molecule has 8 nitrogen and oxygen atoms in total. The number of esters is 1. The van der Waals surface area contributed by atoms with Crippen molar-refractivity contribution in [3.8, 4) is 11.5 Å². The summed E-state index contributed by atoms with van der Waals surface area (Å²) in [6.45, 7) is 3.24. The molecule has 162 valence electrons. The highest BCUT2D eigenvalue weighted by Crippen LogP contribution is 2.35. The first-order valence-corrected chi connectivity index (χ1v) is 10.5. The standard InChI is InChI=1S/C22H21IN2O6/c1-13(2)31-19(26)12-30-20-17(23)10-14(11-18(20)29-3)9-16-21(27)24-25(22(16)28)15-7-5-4-6-8-15/h4-11,13H,12H2,1-3H3,(H,24,27)/b16-9-. The summed E-state index contributed by atoms with van der Waals surface area (Å²) in [5, 5.41) is 1.20. The SMILES string of the molecule is COc1cc(/C=C2/C(=O)NN(c3ccccc3)C2=O)cc(I)c1OCC(=O)OC(C)C. The molecule has 0 aromatic heterocycles. The van der Waals surface area contributed by atoms with Gasteiger partial charge >= 0.3 is 5.97 Å². The molecule has 0 spiro atoms. The number of benzene rings is 2. The number of hydrogen-bond donors (Lipinski definition) is 1. The van der Waals surface area contributed by atoms with Gasteiger partial charge in [0.05, 0.1) is 22.5 Å². The summed E-state index contributed by atoms with van der Waals surface area (Å²) in [5.74, 6) is -0.712. The molecule has 1 N–H and O–H groups in total. The van der Waals surface area contributed by atoms with Crippen molar-refractivity contribution in [1.29, 1.82) is 0 Å². The van der Waals surface area contributed by atoms with Gasteiger partial charge in [-0.15, -0.1) is 0 Å². The van der Waals surface area contributed by atoms with Crippen LogP contribution in [0.5, 0.6) is 11.5 Å². The number of para-hydroxylation sites is 1. The predicted octanol–water partition coefficient (Wildman–Crippen LogP) is 3.09. The maximum absolute atomic E-state index is 12.8. The highest BCUT2D eigenvalue weighted by atomic mass is 127. The van der Waals surface area contributed by atoms with Crippen LogP contribution in [0.4, 0.5) is 5.69 Å². The average Bonchev–Trinajstić information content (AvgIpc) is 3.01. The van der Waals surface area contributed by atoms with Gasteiger partial charge in [-0.1, -0.05) is 18.2 Å². The fraction of sp³-hybridized carbons (Fsp3) is 0.227. The van der Waals surface area contributed by atoms with Crippen molar-refractivity contribution in [2.45, 2.75) is 20.0 Å². The van der Waals surface area contributed by atoms with Gasteiger partial charge < -0.3 is 14.2 Å². The summed E-state index contributed by atoms with van der Waals surface area (Å²) in [4.78, 5) is 36.9. The molecule has 0 radical (unpaired) electrons. The van der Waals surface area contributed by atoms with Gasteiger partial charge in [0.15, 0.2) is 18.1 Å². The van der Waals surface area contributed by atoms with E-state index in [2.05, 4.69) is 5.43 Å². The van der Waals surface area contributed by atoms with Crippen LogP contribution in [0.25, 0.3) is 6.08 Å². The molecule has 2 aromatic carbocycles. The Morgan fingerprint density at radius 1 is 1.19 bits per heavy atom. The molecular formula is C22H21IN2O6. The van der Waals surface area contributed by atoms with Crippen LogP contribution in [0.2, 0.25) is 0 Å². The molecule has 9 heteroatoms. The van der Waals surface area contributed by atoms with Crippen molar-refractivity contribution in [2.75, 3.05) is 18.7 Å². The molecule has 0 atom stereocenters. The predicted molar refractivity (Wildman–Crippen MR) is 122 cm³/mol. The van der Waals surface area contributed by atoms with Gasteiger partial charge in [0, 0.05) is 0 Å².